The van der Waals surface area contributed by atoms with Gasteiger partial charge in [-0.15, -0.1) is 12.4 Å². The van der Waals surface area contributed by atoms with Crippen LogP contribution in [-0.2, 0) is 13.6 Å². The number of imidazole rings is 1. The fourth-order valence-electron chi connectivity index (χ4n) is 3.73. The molecule has 2 aromatic rings. The Balaban J connectivity index is 0.00000210. The molecule has 0 bridgehead atoms. The van der Waals surface area contributed by atoms with E-state index < -0.39 is 11.9 Å². The summed E-state index contributed by atoms with van der Waals surface area (Å²) in [5, 5.41) is 3.40. The number of piperidine rings is 1. The summed E-state index contributed by atoms with van der Waals surface area (Å²) in [6.45, 7) is 2.92. The molecule has 1 saturated heterocycles. The van der Waals surface area contributed by atoms with Crippen molar-refractivity contribution in [3.05, 3.63) is 47.1 Å². The summed E-state index contributed by atoms with van der Waals surface area (Å²) >= 11 is 5.87. The summed E-state index contributed by atoms with van der Waals surface area (Å²) in [7, 11) is 1.81. The van der Waals surface area contributed by atoms with Gasteiger partial charge in [-0.2, -0.15) is 0 Å². The Labute approximate surface area is 168 Å². The summed E-state index contributed by atoms with van der Waals surface area (Å²) in [4.78, 5) is 18.4. The van der Waals surface area contributed by atoms with Crippen LogP contribution >= 0.6 is 24.0 Å². The Kier molecular flexibility index (Phi) is 5.93. The average molecular weight is 415 g/mol. The molecule has 2 unspecified atom stereocenters. The van der Waals surface area contributed by atoms with Gasteiger partial charge in [0.25, 0.3) is 0 Å². The maximum absolute atomic E-state index is 13.4. The van der Waals surface area contributed by atoms with E-state index in [1.54, 1.807) is 41.2 Å². The highest BCUT2D eigenvalue weighted by Crippen LogP contribution is 2.49. The molecule has 146 valence electrons. The normalized spacial score (nSPS) is 22.7. The van der Waals surface area contributed by atoms with Crippen molar-refractivity contribution in [2.45, 2.75) is 6.54 Å². The molecular weight excluding hydrogens is 394 g/mol. The first-order valence-corrected chi connectivity index (χ1v) is 8.98. The Morgan fingerprint density at radius 1 is 1.44 bits per heavy atom. The van der Waals surface area contributed by atoms with Crippen LogP contribution in [0.4, 0.5) is 9.18 Å². The first kappa shape index (κ1) is 19.9. The molecule has 1 aromatic carbocycles. The van der Waals surface area contributed by atoms with Crippen molar-refractivity contribution in [3.63, 3.8) is 0 Å². The fraction of sp³-hybridized carbons (Fsp3) is 0.444. The summed E-state index contributed by atoms with van der Waals surface area (Å²) in [6.07, 6.45) is 2.76. The Bertz CT molecular complexity index is 821. The van der Waals surface area contributed by atoms with Crippen LogP contribution in [0.15, 0.2) is 30.7 Å². The molecular formula is C18H21Cl2FN4O2. The molecule has 2 fully saturated rings. The lowest BCUT2D eigenvalue weighted by Crippen LogP contribution is -2.36. The molecule has 1 saturated carbocycles. The van der Waals surface area contributed by atoms with Gasteiger partial charge in [0.2, 0.25) is 5.88 Å². The third-order valence-electron chi connectivity index (χ3n) is 5.19. The molecule has 9 heteroatoms. The molecule has 1 amide bonds. The van der Waals surface area contributed by atoms with Gasteiger partial charge in [-0.05, 0) is 48.5 Å². The minimum atomic E-state index is -0.471. The number of aromatic nitrogens is 2. The number of ether oxygens (including phenoxy) is 1. The highest BCUT2D eigenvalue weighted by Gasteiger charge is 2.53. The van der Waals surface area contributed by atoms with Gasteiger partial charge < -0.3 is 19.5 Å². The Morgan fingerprint density at radius 2 is 2.19 bits per heavy atom. The number of nitrogens with one attached hydrogen (secondary N) is 1. The molecule has 1 aliphatic heterocycles. The van der Waals surface area contributed by atoms with E-state index in [9.17, 15) is 9.18 Å². The minimum absolute atomic E-state index is 0. The number of hydrogen-bond acceptors (Lipinski definition) is 4. The highest BCUT2D eigenvalue weighted by atomic mass is 35.5. The van der Waals surface area contributed by atoms with Gasteiger partial charge in [-0.25, -0.2) is 14.2 Å². The van der Waals surface area contributed by atoms with E-state index >= 15 is 0 Å². The molecule has 1 aliphatic carbocycles. The lowest BCUT2D eigenvalue weighted by Gasteiger charge is -2.22. The van der Waals surface area contributed by atoms with Crippen molar-refractivity contribution in [3.8, 4) is 5.88 Å². The summed E-state index contributed by atoms with van der Waals surface area (Å²) in [5.74, 6) is 1.51. The largest absolute Gasteiger partial charge is 0.416 e. The van der Waals surface area contributed by atoms with Crippen molar-refractivity contribution in [1.29, 1.82) is 0 Å². The zero-order valence-electron chi connectivity index (χ0n) is 14.8. The molecule has 6 nitrogen and oxygen atoms in total. The van der Waals surface area contributed by atoms with E-state index in [1.165, 1.54) is 6.07 Å². The molecule has 0 radical (unpaired) electrons. The summed E-state index contributed by atoms with van der Waals surface area (Å²) in [5.41, 5.74) is 0.762. The topological polar surface area (TPSA) is 59.4 Å². The van der Waals surface area contributed by atoms with Gasteiger partial charge >= 0.3 is 6.09 Å². The number of benzene rings is 1. The molecule has 4 rings (SSSR count). The van der Waals surface area contributed by atoms with Crippen LogP contribution in [-0.4, -0.2) is 40.2 Å². The first-order chi connectivity index (χ1) is 12.5. The van der Waals surface area contributed by atoms with Crippen molar-refractivity contribution in [1.82, 2.24) is 19.8 Å². The predicted molar refractivity (Wildman–Crippen MR) is 102 cm³/mol. The van der Waals surface area contributed by atoms with E-state index in [0.29, 0.717) is 30.8 Å². The van der Waals surface area contributed by atoms with Crippen LogP contribution in [0.1, 0.15) is 5.56 Å². The van der Waals surface area contributed by atoms with Gasteiger partial charge in [0.1, 0.15) is 5.82 Å². The average Bonchev–Trinajstić information content (AvgIpc) is 2.94. The zero-order valence-corrected chi connectivity index (χ0v) is 16.3. The van der Waals surface area contributed by atoms with Crippen LogP contribution in [0, 0.1) is 23.6 Å². The van der Waals surface area contributed by atoms with Gasteiger partial charge in [0.05, 0.1) is 17.5 Å². The number of amides is 1. The lowest BCUT2D eigenvalue weighted by molar-refractivity contribution is 0.143. The smallest absolute Gasteiger partial charge is 0.389 e. The third-order valence-corrected chi connectivity index (χ3v) is 5.48. The predicted octanol–water partition coefficient (Wildman–Crippen LogP) is 3.10. The maximum Gasteiger partial charge on any atom is 0.416 e. The number of nitrogens with zero attached hydrogens (tertiary/aromatic N) is 3. The quantitative estimate of drug-likeness (QED) is 0.816. The van der Waals surface area contributed by atoms with Crippen molar-refractivity contribution in [2.24, 2.45) is 24.8 Å². The zero-order chi connectivity index (χ0) is 18.3. The second-order valence-electron chi connectivity index (χ2n) is 7.02. The van der Waals surface area contributed by atoms with Gasteiger partial charge in [0, 0.05) is 20.1 Å². The van der Waals surface area contributed by atoms with Crippen molar-refractivity contribution < 1.29 is 13.9 Å². The molecule has 2 aliphatic rings. The number of rotatable bonds is 5. The Morgan fingerprint density at radius 3 is 2.81 bits per heavy atom. The number of carbonyl (C=O) groups is 1. The molecule has 1 N–H and O–H groups in total. The highest BCUT2D eigenvalue weighted by molar-refractivity contribution is 6.30. The summed E-state index contributed by atoms with van der Waals surface area (Å²) in [6, 6.07) is 4.50. The minimum Gasteiger partial charge on any atom is -0.389 e. The van der Waals surface area contributed by atoms with Crippen LogP contribution in [0.25, 0.3) is 0 Å². The summed E-state index contributed by atoms with van der Waals surface area (Å²) < 4.78 is 20.5. The molecule has 2 heterocycles. The first-order valence-electron chi connectivity index (χ1n) is 8.60. The maximum atomic E-state index is 13.4. The molecule has 1 aromatic heterocycles. The Hall–Kier alpha value is -1.83. The number of fused-ring (bicyclic) bond motifs is 1. The second kappa shape index (κ2) is 8.04. The van der Waals surface area contributed by atoms with Gasteiger partial charge in [0.15, 0.2) is 0 Å². The van der Waals surface area contributed by atoms with E-state index in [1.807, 2.05) is 0 Å². The monoisotopic (exact) mass is 414 g/mol. The number of hydrogen-bond donors (Lipinski definition) is 1. The molecule has 0 spiro atoms. The molecule has 2 atom stereocenters. The SMILES string of the molecule is Cl.Cn1cnc(OC(=O)N(Cc2ccc(F)c(Cl)c2)CC2C3CNCC32)c1. The number of aryl methyl sites for hydroxylation is 1. The lowest BCUT2D eigenvalue weighted by atomic mass is 10.2. The van der Waals surface area contributed by atoms with E-state index in [-0.39, 0.29) is 23.3 Å². The van der Waals surface area contributed by atoms with Gasteiger partial charge in [-0.1, -0.05) is 17.7 Å². The van der Waals surface area contributed by atoms with Crippen LogP contribution in [0.5, 0.6) is 5.88 Å². The molecule has 27 heavy (non-hydrogen) atoms. The van der Waals surface area contributed by atoms with E-state index in [0.717, 1.165) is 18.7 Å². The fourth-order valence-corrected chi connectivity index (χ4v) is 3.93. The van der Waals surface area contributed by atoms with Crippen LogP contribution < -0.4 is 10.1 Å². The number of carbonyl (C=O) groups excluding carboxylic acids is 1. The standard InChI is InChI=1S/C18H20ClFN4O2.ClH/c1-23-9-17(22-10-23)26-18(25)24(8-14-12-5-21-6-13(12)14)7-11-2-3-16(20)15(19)4-11;/h2-4,9-10,12-14,21H,5-8H2,1H3;1H. The van der Waals surface area contributed by atoms with Crippen molar-refractivity contribution >= 4 is 30.1 Å². The van der Waals surface area contributed by atoms with Crippen molar-refractivity contribution in [2.75, 3.05) is 19.6 Å². The van der Waals surface area contributed by atoms with Crippen LogP contribution in [0.2, 0.25) is 5.02 Å². The second-order valence-corrected chi connectivity index (χ2v) is 7.43. The third kappa shape index (κ3) is 4.36. The van der Waals surface area contributed by atoms with E-state index in [2.05, 4.69) is 10.3 Å². The van der Waals surface area contributed by atoms with Gasteiger partial charge in [-0.3, -0.25) is 0 Å². The van der Waals surface area contributed by atoms with E-state index in [4.69, 9.17) is 16.3 Å². The number of halogens is 3. The van der Waals surface area contributed by atoms with Crippen LogP contribution in [0.3, 0.4) is 0 Å².